The molecule has 0 bridgehead atoms. The summed E-state index contributed by atoms with van der Waals surface area (Å²) >= 11 is 0. The molecule has 7 heteroatoms. The third-order valence-electron chi connectivity index (χ3n) is 3.40. The van der Waals surface area contributed by atoms with E-state index >= 15 is 0 Å². The molecule has 2 aromatic carbocycles. The molecule has 0 aliphatic heterocycles. The van der Waals surface area contributed by atoms with Gasteiger partial charge in [-0.1, -0.05) is 12.1 Å². The van der Waals surface area contributed by atoms with Crippen molar-refractivity contribution in [3.8, 4) is 11.5 Å². The van der Waals surface area contributed by atoms with Gasteiger partial charge >= 0.3 is 0 Å². The lowest BCUT2D eigenvalue weighted by molar-refractivity contribution is -0.118. The molecule has 7 nitrogen and oxygen atoms in total. The molecule has 0 fully saturated rings. The summed E-state index contributed by atoms with van der Waals surface area (Å²) in [4.78, 5) is 23.8. The van der Waals surface area contributed by atoms with E-state index in [4.69, 9.17) is 9.15 Å². The number of nitrogens with one attached hydrogen (secondary N) is 2. The van der Waals surface area contributed by atoms with E-state index in [-0.39, 0.29) is 35.7 Å². The molecule has 26 heavy (non-hydrogen) atoms. The first kappa shape index (κ1) is 17.1. The van der Waals surface area contributed by atoms with Gasteiger partial charge in [0.1, 0.15) is 0 Å². The van der Waals surface area contributed by atoms with Crippen LogP contribution < -0.4 is 15.4 Å². The van der Waals surface area contributed by atoms with Crippen LogP contribution in [0.2, 0.25) is 0 Å². The van der Waals surface area contributed by atoms with Gasteiger partial charge in [0.25, 0.3) is 11.8 Å². The van der Waals surface area contributed by atoms with Crippen LogP contribution in [0.3, 0.4) is 0 Å². The maximum Gasteiger partial charge on any atom is 0.291 e. The monoisotopic (exact) mass is 352 g/mol. The van der Waals surface area contributed by atoms with Crippen molar-refractivity contribution in [3.05, 3.63) is 72.7 Å². The van der Waals surface area contributed by atoms with Crippen molar-refractivity contribution >= 4 is 23.2 Å². The van der Waals surface area contributed by atoms with Gasteiger partial charge in [-0.2, -0.15) is 0 Å². The first-order valence-corrected chi connectivity index (χ1v) is 7.77. The number of carbonyl (C=O) groups is 2. The van der Waals surface area contributed by atoms with Crippen LogP contribution in [0, 0.1) is 0 Å². The van der Waals surface area contributed by atoms with Crippen molar-refractivity contribution in [1.82, 2.24) is 0 Å². The summed E-state index contributed by atoms with van der Waals surface area (Å²) in [6.45, 7) is -0.242. The van der Waals surface area contributed by atoms with Crippen LogP contribution in [0.4, 0.5) is 11.4 Å². The van der Waals surface area contributed by atoms with Gasteiger partial charge < -0.3 is 24.9 Å². The highest BCUT2D eigenvalue weighted by atomic mass is 16.5. The summed E-state index contributed by atoms with van der Waals surface area (Å²) < 4.78 is 10.3. The molecule has 0 saturated carbocycles. The fourth-order valence-corrected chi connectivity index (χ4v) is 2.16. The predicted molar refractivity (Wildman–Crippen MR) is 95.3 cm³/mol. The van der Waals surface area contributed by atoms with Gasteiger partial charge in [-0.05, 0) is 48.5 Å². The number of hydrogen-bond donors (Lipinski definition) is 3. The number of para-hydroxylation sites is 2. The minimum absolute atomic E-state index is 0.0306. The van der Waals surface area contributed by atoms with Gasteiger partial charge in [0, 0.05) is 11.4 Å². The maximum atomic E-state index is 11.9. The van der Waals surface area contributed by atoms with Crippen molar-refractivity contribution in [2.24, 2.45) is 0 Å². The Morgan fingerprint density at radius 1 is 0.923 bits per heavy atom. The molecule has 1 aromatic heterocycles. The molecule has 0 unspecified atom stereocenters. The van der Waals surface area contributed by atoms with Crippen molar-refractivity contribution in [1.29, 1.82) is 0 Å². The molecule has 1 heterocycles. The fraction of sp³-hybridized carbons (Fsp3) is 0.0526. The lowest BCUT2D eigenvalue weighted by atomic mass is 10.2. The Morgan fingerprint density at radius 3 is 2.27 bits per heavy atom. The number of aromatic hydroxyl groups is 1. The molecule has 0 saturated heterocycles. The topological polar surface area (TPSA) is 101 Å². The Bertz CT molecular complexity index is 889. The van der Waals surface area contributed by atoms with Gasteiger partial charge in [0.05, 0.1) is 6.26 Å². The van der Waals surface area contributed by atoms with Crippen LogP contribution >= 0.6 is 0 Å². The zero-order valence-corrected chi connectivity index (χ0v) is 13.6. The molecule has 0 aliphatic carbocycles. The van der Waals surface area contributed by atoms with Crippen LogP contribution in [-0.2, 0) is 4.79 Å². The molecular formula is C19H16N2O5. The molecule has 0 spiro atoms. The average Bonchev–Trinajstić information content (AvgIpc) is 3.17. The SMILES string of the molecule is O=C(COc1ccccc1O)Nc1ccc(NC(=O)c2ccco2)cc1. The number of ether oxygens (including phenoxy) is 1. The normalized spacial score (nSPS) is 10.2. The molecule has 3 N–H and O–H groups in total. The first-order valence-electron chi connectivity index (χ1n) is 7.77. The summed E-state index contributed by atoms with van der Waals surface area (Å²) in [6, 6.07) is 16.2. The second kappa shape index (κ2) is 7.89. The lowest BCUT2D eigenvalue weighted by Gasteiger charge is -2.09. The van der Waals surface area contributed by atoms with Gasteiger partial charge in [-0.3, -0.25) is 9.59 Å². The lowest BCUT2D eigenvalue weighted by Crippen LogP contribution is -2.20. The Kier molecular flexibility index (Phi) is 5.19. The Hall–Kier alpha value is -3.74. The molecule has 132 valence electrons. The van der Waals surface area contributed by atoms with Crippen LogP contribution in [0.1, 0.15) is 10.6 Å². The van der Waals surface area contributed by atoms with E-state index in [9.17, 15) is 14.7 Å². The average molecular weight is 352 g/mol. The third kappa shape index (κ3) is 4.41. The molecule has 0 aliphatic rings. The van der Waals surface area contributed by atoms with Crippen molar-refractivity contribution < 1.29 is 23.8 Å². The molecular weight excluding hydrogens is 336 g/mol. The van der Waals surface area contributed by atoms with Gasteiger partial charge in [-0.15, -0.1) is 0 Å². The van der Waals surface area contributed by atoms with Crippen LogP contribution in [0.25, 0.3) is 0 Å². The van der Waals surface area contributed by atoms with Crippen molar-refractivity contribution in [3.63, 3.8) is 0 Å². The minimum atomic E-state index is -0.374. The number of hydrogen-bond acceptors (Lipinski definition) is 5. The van der Waals surface area contributed by atoms with Gasteiger partial charge in [0.15, 0.2) is 23.9 Å². The standard InChI is InChI=1S/C19H16N2O5/c22-15-4-1-2-5-16(15)26-12-18(23)20-13-7-9-14(10-8-13)21-19(24)17-6-3-11-25-17/h1-11,22H,12H2,(H,20,23)(H,21,24). The van der Waals surface area contributed by atoms with E-state index in [1.807, 2.05) is 0 Å². The van der Waals surface area contributed by atoms with Crippen LogP contribution in [0.15, 0.2) is 71.3 Å². The third-order valence-corrected chi connectivity index (χ3v) is 3.40. The van der Waals surface area contributed by atoms with Crippen LogP contribution in [0.5, 0.6) is 11.5 Å². The molecule has 3 rings (SSSR count). The van der Waals surface area contributed by atoms with Crippen LogP contribution in [-0.4, -0.2) is 23.5 Å². The number of phenolic OH excluding ortho intramolecular Hbond substituents is 1. The Morgan fingerprint density at radius 2 is 1.62 bits per heavy atom. The fourth-order valence-electron chi connectivity index (χ4n) is 2.16. The summed E-state index contributed by atoms with van der Waals surface area (Å²) in [5.41, 5.74) is 1.11. The summed E-state index contributed by atoms with van der Waals surface area (Å²) in [5.74, 6) is -0.317. The van der Waals surface area contributed by atoms with E-state index in [0.717, 1.165) is 0 Å². The number of phenols is 1. The zero-order valence-electron chi connectivity index (χ0n) is 13.6. The number of furan rings is 1. The second-order valence-electron chi connectivity index (χ2n) is 5.31. The van der Waals surface area contributed by atoms with E-state index in [0.29, 0.717) is 11.4 Å². The number of benzene rings is 2. The largest absolute Gasteiger partial charge is 0.504 e. The highest BCUT2D eigenvalue weighted by molar-refractivity contribution is 6.02. The highest BCUT2D eigenvalue weighted by Crippen LogP contribution is 2.24. The van der Waals surface area contributed by atoms with E-state index < -0.39 is 0 Å². The zero-order chi connectivity index (χ0) is 18.4. The molecule has 0 atom stereocenters. The predicted octanol–water partition coefficient (Wildman–Crippen LogP) is 3.26. The van der Waals surface area contributed by atoms with Gasteiger partial charge in [-0.25, -0.2) is 0 Å². The number of rotatable bonds is 6. The number of amides is 2. The highest BCUT2D eigenvalue weighted by Gasteiger charge is 2.09. The minimum Gasteiger partial charge on any atom is -0.504 e. The van der Waals surface area contributed by atoms with E-state index in [2.05, 4.69) is 10.6 Å². The summed E-state index contributed by atoms with van der Waals surface area (Å²) in [5, 5.41) is 14.9. The van der Waals surface area contributed by atoms with E-state index in [1.54, 1.807) is 54.6 Å². The quantitative estimate of drug-likeness (QED) is 0.632. The second-order valence-corrected chi connectivity index (χ2v) is 5.31. The molecule has 3 aromatic rings. The number of anilines is 2. The summed E-state index contributed by atoms with van der Waals surface area (Å²) in [7, 11) is 0. The van der Waals surface area contributed by atoms with E-state index in [1.165, 1.54) is 12.3 Å². The Labute approximate surface area is 149 Å². The maximum absolute atomic E-state index is 11.9. The number of carbonyl (C=O) groups excluding carboxylic acids is 2. The Balaban J connectivity index is 1.51. The van der Waals surface area contributed by atoms with Gasteiger partial charge in [0.2, 0.25) is 0 Å². The summed E-state index contributed by atoms with van der Waals surface area (Å²) in [6.07, 6.45) is 1.42. The molecule has 2 amide bonds. The van der Waals surface area contributed by atoms with Crippen molar-refractivity contribution in [2.45, 2.75) is 0 Å². The smallest absolute Gasteiger partial charge is 0.291 e. The van der Waals surface area contributed by atoms with Crippen molar-refractivity contribution in [2.75, 3.05) is 17.2 Å². The molecule has 0 radical (unpaired) electrons. The first-order chi connectivity index (χ1) is 12.6.